The predicted octanol–water partition coefficient (Wildman–Crippen LogP) is 1.74. The van der Waals surface area contributed by atoms with Crippen molar-refractivity contribution in [2.45, 2.75) is 18.9 Å². The molecule has 88 valence electrons. The lowest BCUT2D eigenvalue weighted by Crippen LogP contribution is -2.33. The van der Waals surface area contributed by atoms with Gasteiger partial charge in [0.2, 0.25) is 0 Å². The van der Waals surface area contributed by atoms with Crippen LogP contribution in [0, 0.1) is 0 Å². The minimum atomic E-state index is 0.476. The molecule has 1 N–H and O–H groups in total. The maximum Gasteiger partial charge on any atom is 0.131 e. The van der Waals surface area contributed by atoms with Gasteiger partial charge in [-0.1, -0.05) is 6.07 Å². The van der Waals surface area contributed by atoms with E-state index in [1.165, 1.54) is 12.8 Å². The topological polar surface area (TPSA) is 37.4 Å². The first-order chi connectivity index (χ1) is 7.85. The molecular formula is C12H19N3O. The second-order valence-corrected chi connectivity index (χ2v) is 4.08. The van der Waals surface area contributed by atoms with Gasteiger partial charge in [-0.15, -0.1) is 0 Å². The molecule has 1 aromatic rings. The second-order valence-electron chi connectivity index (χ2n) is 4.08. The Morgan fingerprint density at radius 3 is 3.19 bits per heavy atom. The summed E-state index contributed by atoms with van der Waals surface area (Å²) in [7, 11) is 3.65. The molecular weight excluding hydrogens is 202 g/mol. The van der Waals surface area contributed by atoms with Crippen molar-refractivity contribution in [3.63, 3.8) is 0 Å². The van der Waals surface area contributed by atoms with Crippen LogP contribution in [-0.2, 0) is 4.74 Å². The van der Waals surface area contributed by atoms with Crippen LogP contribution in [-0.4, -0.2) is 38.3 Å². The zero-order valence-corrected chi connectivity index (χ0v) is 9.94. The molecule has 1 unspecified atom stereocenters. The van der Waals surface area contributed by atoms with Crippen molar-refractivity contribution in [3.8, 4) is 0 Å². The Balaban J connectivity index is 2.15. The molecule has 1 atom stereocenters. The molecule has 0 spiro atoms. The molecule has 0 aromatic carbocycles. The number of rotatable bonds is 4. The lowest BCUT2D eigenvalue weighted by atomic mass is 10.2. The molecule has 0 aliphatic carbocycles. The fraction of sp³-hybridized carbons (Fsp3) is 0.583. The average Bonchev–Trinajstić information content (AvgIpc) is 2.78. The Kier molecular flexibility index (Phi) is 3.62. The monoisotopic (exact) mass is 221 g/mol. The Morgan fingerprint density at radius 2 is 2.44 bits per heavy atom. The summed E-state index contributed by atoms with van der Waals surface area (Å²) in [5.41, 5.74) is 0. The fourth-order valence-corrected chi connectivity index (χ4v) is 2.23. The number of ether oxygens (including phenoxy) is 1. The molecule has 1 saturated heterocycles. The summed E-state index contributed by atoms with van der Waals surface area (Å²) >= 11 is 0. The van der Waals surface area contributed by atoms with Crippen molar-refractivity contribution in [2.75, 3.05) is 37.5 Å². The van der Waals surface area contributed by atoms with Crippen LogP contribution in [0.4, 0.5) is 11.6 Å². The van der Waals surface area contributed by atoms with Crippen LogP contribution in [0.3, 0.4) is 0 Å². The van der Waals surface area contributed by atoms with E-state index in [2.05, 4.69) is 21.3 Å². The zero-order valence-electron chi connectivity index (χ0n) is 9.94. The standard InChI is InChI=1S/C12H19N3O/c1-13-11-6-3-7-12(14-11)15-8-4-5-10(15)9-16-2/h3,6-7,10H,4-5,8-9H2,1-2H3,(H,13,14). The van der Waals surface area contributed by atoms with Crippen LogP contribution in [0.2, 0.25) is 0 Å². The first-order valence-electron chi connectivity index (χ1n) is 5.75. The van der Waals surface area contributed by atoms with Crippen LogP contribution in [0.25, 0.3) is 0 Å². The molecule has 0 saturated carbocycles. The molecule has 1 aliphatic rings. The number of methoxy groups -OCH3 is 1. The number of pyridine rings is 1. The number of nitrogens with one attached hydrogen (secondary N) is 1. The van der Waals surface area contributed by atoms with Crippen LogP contribution < -0.4 is 10.2 Å². The van der Waals surface area contributed by atoms with Gasteiger partial charge in [0.05, 0.1) is 12.6 Å². The third-order valence-electron chi connectivity index (χ3n) is 3.02. The number of hydrogen-bond donors (Lipinski definition) is 1. The minimum Gasteiger partial charge on any atom is -0.383 e. The lowest BCUT2D eigenvalue weighted by Gasteiger charge is -2.25. The van der Waals surface area contributed by atoms with Gasteiger partial charge in [0.1, 0.15) is 11.6 Å². The normalized spacial score (nSPS) is 20.1. The van der Waals surface area contributed by atoms with Gasteiger partial charge >= 0.3 is 0 Å². The molecule has 1 aromatic heterocycles. The molecule has 0 radical (unpaired) electrons. The minimum absolute atomic E-state index is 0.476. The second kappa shape index (κ2) is 5.16. The van der Waals surface area contributed by atoms with E-state index in [-0.39, 0.29) is 0 Å². The highest BCUT2D eigenvalue weighted by molar-refractivity contribution is 5.48. The van der Waals surface area contributed by atoms with E-state index >= 15 is 0 Å². The molecule has 0 bridgehead atoms. The highest BCUT2D eigenvalue weighted by atomic mass is 16.5. The fourth-order valence-electron chi connectivity index (χ4n) is 2.23. The van der Waals surface area contributed by atoms with Crippen molar-refractivity contribution < 1.29 is 4.74 Å². The van der Waals surface area contributed by atoms with Crippen LogP contribution in [0.1, 0.15) is 12.8 Å². The molecule has 4 nitrogen and oxygen atoms in total. The number of hydrogen-bond acceptors (Lipinski definition) is 4. The maximum atomic E-state index is 5.25. The number of nitrogens with zero attached hydrogens (tertiary/aromatic N) is 2. The van der Waals surface area contributed by atoms with Gasteiger partial charge in [-0.25, -0.2) is 4.98 Å². The van der Waals surface area contributed by atoms with E-state index < -0.39 is 0 Å². The van der Waals surface area contributed by atoms with Crippen LogP contribution >= 0.6 is 0 Å². The van der Waals surface area contributed by atoms with Gasteiger partial charge in [-0.3, -0.25) is 0 Å². The summed E-state index contributed by atoms with van der Waals surface area (Å²) in [6, 6.07) is 6.56. The van der Waals surface area contributed by atoms with Crippen molar-refractivity contribution in [3.05, 3.63) is 18.2 Å². The maximum absolute atomic E-state index is 5.25. The van der Waals surface area contributed by atoms with Crippen molar-refractivity contribution in [2.24, 2.45) is 0 Å². The highest BCUT2D eigenvalue weighted by Crippen LogP contribution is 2.24. The lowest BCUT2D eigenvalue weighted by molar-refractivity contribution is 0.180. The molecule has 2 rings (SSSR count). The van der Waals surface area contributed by atoms with E-state index in [9.17, 15) is 0 Å². The number of aromatic nitrogens is 1. The van der Waals surface area contributed by atoms with Crippen molar-refractivity contribution in [1.82, 2.24) is 4.98 Å². The summed E-state index contributed by atoms with van der Waals surface area (Å²) in [4.78, 5) is 6.90. The summed E-state index contributed by atoms with van der Waals surface area (Å²) in [5, 5.41) is 3.07. The van der Waals surface area contributed by atoms with E-state index in [0.29, 0.717) is 6.04 Å². The molecule has 1 aliphatic heterocycles. The Bertz CT molecular complexity index is 343. The third kappa shape index (κ3) is 2.27. The Morgan fingerprint density at radius 1 is 1.56 bits per heavy atom. The summed E-state index contributed by atoms with van der Waals surface area (Å²) < 4.78 is 5.25. The first-order valence-corrected chi connectivity index (χ1v) is 5.75. The van der Waals surface area contributed by atoms with E-state index in [1.54, 1.807) is 7.11 Å². The average molecular weight is 221 g/mol. The van der Waals surface area contributed by atoms with Crippen molar-refractivity contribution in [1.29, 1.82) is 0 Å². The van der Waals surface area contributed by atoms with Gasteiger partial charge in [0.15, 0.2) is 0 Å². The van der Waals surface area contributed by atoms with Crippen LogP contribution in [0.5, 0.6) is 0 Å². The summed E-state index contributed by atoms with van der Waals surface area (Å²) in [6.45, 7) is 1.86. The molecule has 16 heavy (non-hydrogen) atoms. The van der Waals surface area contributed by atoms with Gasteiger partial charge in [0, 0.05) is 20.7 Å². The van der Waals surface area contributed by atoms with E-state index in [4.69, 9.17) is 4.74 Å². The zero-order chi connectivity index (χ0) is 11.4. The number of anilines is 2. The quantitative estimate of drug-likeness (QED) is 0.840. The molecule has 2 heterocycles. The molecule has 4 heteroatoms. The van der Waals surface area contributed by atoms with Gasteiger partial charge in [-0.2, -0.15) is 0 Å². The van der Waals surface area contributed by atoms with Gasteiger partial charge in [-0.05, 0) is 25.0 Å². The highest BCUT2D eigenvalue weighted by Gasteiger charge is 2.25. The van der Waals surface area contributed by atoms with E-state index in [0.717, 1.165) is 24.8 Å². The predicted molar refractivity (Wildman–Crippen MR) is 66.0 cm³/mol. The van der Waals surface area contributed by atoms with E-state index in [1.807, 2.05) is 19.2 Å². The SMILES string of the molecule is CNc1cccc(N2CCCC2COC)n1. The smallest absolute Gasteiger partial charge is 0.131 e. The molecule has 1 fully saturated rings. The Hall–Kier alpha value is -1.29. The van der Waals surface area contributed by atoms with Crippen LogP contribution in [0.15, 0.2) is 18.2 Å². The largest absolute Gasteiger partial charge is 0.383 e. The summed E-state index contributed by atoms with van der Waals surface area (Å²) in [6.07, 6.45) is 2.42. The first kappa shape index (κ1) is 11.2. The Labute approximate surface area is 96.6 Å². The van der Waals surface area contributed by atoms with Crippen molar-refractivity contribution >= 4 is 11.6 Å². The molecule has 0 amide bonds. The van der Waals surface area contributed by atoms with Gasteiger partial charge in [0.25, 0.3) is 0 Å². The summed E-state index contributed by atoms with van der Waals surface area (Å²) in [5.74, 6) is 1.96. The third-order valence-corrected chi connectivity index (χ3v) is 3.02. The van der Waals surface area contributed by atoms with Gasteiger partial charge < -0.3 is 15.0 Å².